The zero-order valence-electron chi connectivity index (χ0n) is 15.1. The topological polar surface area (TPSA) is 77.8 Å². The van der Waals surface area contributed by atoms with Gasteiger partial charge in [0.15, 0.2) is 0 Å². The van der Waals surface area contributed by atoms with E-state index in [9.17, 15) is 14.4 Å². The first kappa shape index (κ1) is 18.0. The van der Waals surface area contributed by atoms with Crippen LogP contribution in [0.15, 0.2) is 35.1 Å². The molecular weight excluding hydrogens is 336 g/mol. The second kappa shape index (κ2) is 6.82. The van der Waals surface area contributed by atoms with E-state index >= 15 is 0 Å². The number of carbonyl (C=O) groups excluding carboxylic acids is 2. The molecule has 1 aromatic carbocycles. The van der Waals surface area contributed by atoms with Crippen molar-refractivity contribution in [1.29, 1.82) is 0 Å². The van der Waals surface area contributed by atoms with Gasteiger partial charge in [-0.2, -0.15) is 0 Å². The summed E-state index contributed by atoms with van der Waals surface area (Å²) in [7, 11) is 0. The fraction of sp³-hybridized carbons (Fsp3) is 0.421. The molecule has 7 nitrogen and oxygen atoms in total. The van der Waals surface area contributed by atoms with Crippen LogP contribution in [0.4, 0.5) is 4.79 Å². The van der Waals surface area contributed by atoms with Crippen LogP contribution in [0.2, 0.25) is 0 Å². The Balaban J connectivity index is 1.69. The second-order valence-electron chi connectivity index (χ2n) is 7.29. The predicted molar refractivity (Wildman–Crippen MR) is 96.5 cm³/mol. The number of nitrogens with zero attached hydrogens (tertiary/aromatic N) is 2. The van der Waals surface area contributed by atoms with Crippen LogP contribution < -0.4 is 10.3 Å². The van der Waals surface area contributed by atoms with Crippen LogP contribution in [0.25, 0.3) is 10.9 Å². The predicted octanol–water partition coefficient (Wildman–Crippen LogP) is 2.20. The Morgan fingerprint density at radius 2 is 1.92 bits per heavy atom. The number of ether oxygens (including phenoxy) is 2. The molecule has 2 aromatic rings. The lowest BCUT2D eigenvalue weighted by Crippen LogP contribution is -2.57. The summed E-state index contributed by atoms with van der Waals surface area (Å²) < 4.78 is 12.6. The largest absolute Gasteiger partial charge is 0.487 e. The first-order valence-corrected chi connectivity index (χ1v) is 8.48. The van der Waals surface area contributed by atoms with Gasteiger partial charge >= 0.3 is 6.09 Å². The van der Waals surface area contributed by atoms with Crippen LogP contribution in [0.3, 0.4) is 0 Å². The second-order valence-corrected chi connectivity index (χ2v) is 7.29. The van der Waals surface area contributed by atoms with Gasteiger partial charge in [-0.15, -0.1) is 0 Å². The Morgan fingerprint density at radius 3 is 2.58 bits per heavy atom. The van der Waals surface area contributed by atoms with E-state index < -0.39 is 5.60 Å². The number of fused-ring (bicyclic) bond motifs is 1. The van der Waals surface area contributed by atoms with Crippen LogP contribution in [0.5, 0.6) is 5.75 Å². The Kier molecular flexibility index (Phi) is 4.71. The molecular formula is C19H22N2O5. The molecule has 1 aromatic heterocycles. The van der Waals surface area contributed by atoms with Gasteiger partial charge in [-0.1, -0.05) is 0 Å². The molecule has 26 heavy (non-hydrogen) atoms. The number of likely N-dealkylation sites (tertiary alicyclic amines) is 1. The number of carbonyl (C=O) groups is 2. The third-order valence-corrected chi connectivity index (χ3v) is 4.02. The molecule has 1 aliphatic rings. The number of aromatic nitrogens is 1. The molecule has 0 unspecified atom stereocenters. The summed E-state index contributed by atoms with van der Waals surface area (Å²) >= 11 is 0. The molecule has 1 saturated heterocycles. The van der Waals surface area contributed by atoms with Crippen molar-refractivity contribution >= 4 is 23.3 Å². The van der Waals surface area contributed by atoms with Gasteiger partial charge in [-0.05, 0) is 44.4 Å². The van der Waals surface area contributed by atoms with Crippen LogP contribution in [-0.2, 0) is 16.1 Å². The number of rotatable bonds is 4. The fourth-order valence-corrected chi connectivity index (χ4v) is 2.78. The highest BCUT2D eigenvalue weighted by atomic mass is 16.6. The Bertz CT molecular complexity index is 891. The smallest absolute Gasteiger partial charge is 0.410 e. The van der Waals surface area contributed by atoms with Crippen LogP contribution >= 0.6 is 0 Å². The lowest BCUT2D eigenvalue weighted by atomic mass is 10.1. The van der Waals surface area contributed by atoms with Gasteiger partial charge in [-0.3, -0.25) is 4.79 Å². The maximum Gasteiger partial charge on any atom is 0.410 e. The van der Waals surface area contributed by atoms with Gasteiger partial charge in [0, 0.05) is 12.1 Å². The monoisotopic (exact) mass is 358 g/mol. The summed E-state index contributed by atoms with van der Waals surface area (Å²) in [6.45, 7) is 6.37. The molecule has 0 atom stereocenters. The molecule has 0 bridgehead atoms. The number of benzene rings is 1. The van der Waals surface area contributed by atoms with Crippen molar-refractivity contribution in [2.45, 2.75) is 39.0 Å². The standard InChI is InChI=1S/C19H22N2O5/c1-19(2,3)26-18(24)20-11-15(12-20)25-14-6-4-13-5-7-17(23)21(8-9-22)16(13)10-14/h4-7,9-10,15H,8,11-12H2,1-3H3. The average molecular weight is 358 g/mol. The van der Waals surface area contributed by atoms with Crippen molar-refractivity contribution in [2.24, 2.45) is 0 Å². The van der Waals surface area contributed by atoms with E-state index in [-0.39, 0.29) is 24.3 Å². The number of pyridine rings is 1. The summed E-state index contributed by atoms with van der Waals surface area (Å²) in [4.78, 5) is 36.3. The Morgan fingerprint density at radius 1 is 1.23 bits per heavy atom. The third-order valence-electron chi connectivity index (χ3n) is 4.02. The van der Waals surface area contributed by atoms with Gasteiger partial charge in [0.2, 0.25) is 0 Å². The van der Waals surface area contributed by atoms with E-state index in [4.69, 9.17) is 9.47 Å². The summed E-state index contributed by atoms with van der Waals surface area (Å²) in [6.07, 6.45) is 0.213. The van der Waals surface area contributed by atoms with Crippen molar-refractivity contribution in [2.75, 3.05) is 13.1 Å². The SMILES string of the molecule is CC(C)(C)OC(=O)N1CC(Oc2ccc3ccc(=O)n(CC=O)c3c2)C1. The number of hydrogen-bond donors (Lipinski definition) is 0. The summed E-state index contributed by atoms with van der Waals surface area (Å²) in [5, 5.41) is 0.850. The lowest BCUT2D eigenvalue weighted by molar-refractivity contribution is -0.108. The third kappa shape index (κ3) is 3.87. The van der Waals surface area contributed by atoms with E-state index in [0.29, 0.717) is 30.6 Å². The van der Waals surface area contributed by atoms with Crippen molar-refractivity contribution in [3.05, 3.63) is 40.7 Å². The summed E-state index contributed by atoms with van der Waals surface area (Å²) in [5.74, 6) is 0.594. The van der Waals surface area contributed by atoms with Gasteiger partial charge in [0.05, 0.1) is 25.2 Å². The maximum atomic E-state index is 12.0. The minimum absolute atomic E-state index is 0.00449. The molecule has 0 N–H and O–H groups in total. The quantitative estimate of drug-likeness (QED) is 0.783. The van der Waals surface area contributed by atoms with E-state index in [1.807, 2.05) is 32.9 Å². The summed E-state index contributed by atoms with van der Waals surface area (Å²) in [6, 6.07) is 8.56. The van der Waals surface area contributed by atoms with Gasteiger partial charge in [0.1, 0.15) is 23.7 Å². The zero-order valence-corrected chi connectivity index (χ0v) is 15.1. The van der Waals surface area contributed by atoms with E-state index in [0.717, 1.165) is 5.39 Å². The lowest BCUT2D eigenvalue weighted by Gasteiger charge is -2.39. The van der Waals surface area contributed by atoms with E-state index in [1.54, 1.807) is 17.0 Å². The minimum atomic E-state index is -0.524. The van der Waals surface area contributed by atoms with Gasteiger partial charge < -0.3 is 23.7 Å². The maximum absolute atomic E-state index is 12.0. The van der Waals surface area contributed by atoms with Gasteiger partial charge in [-0.25, -0.2) is 4.79 Å². The van der Waals surface area contributed by atoms with E-state index in [2.05, 4.69) is 0 Å². The first-order valence-electron chi connectivity index (χ1n) is 8.48. The van der Waals surface area contributed by atoms with Gasteiger partial charge in [0.25, 0.3) is 5.56 Å². The fourth-order valence-electron chi connectivity index (χ4n) is 2.78. The number of hydrogen-bond acceptors (Lipinski definition) is 5. The average Bonchev–Trinajstić information content (AvgIpc) is 2.51. The highest BCUT2D eigenvalue weighted by Crippen LogP contribution is 2.24. The Labute approximate surface area is 151 Å². The molecule has 1 amide bonds. The normalized spacial score (nSPS) is 14.8. The number of aldehydes is 1. The molecule has 7 heteroatoms. The van der Waals surface area contributed by atoms with Crippen LogP contribution in [0, 0.1) is 0 Å². The highest BCUT2D eigenvalue weighted by Gasteiger charge is 2.35. The van der Waals surface area contributed by atoms with E-state index in [1.165, 1.54) is 10.6 Å². The molecule has 3 rings (SSSR count). The molecule has 0 spiro atoms. The van der Waals surface area contributed by atoms with Crippen molar-refractivity contribution in [3.63, 3.8) is 0 Å². The summed E-state index contributed by atoms with van der Waals surface area (Å²) in [5.41, 5.74) is -0.115. The first-order chi connectivity index (χ1) is 12.3. The molecule has 0 aliphatic carbocycles. The molecule has 1 aliphatic heterocycles. The number of amides is 1. The molecule has 0 saturated carbocycles. The molecule has 138 valence electrons. The zero-order chi connectivity index (χ0) is 18.9. The van der Waals surface area contributed by atoms with Crippen molar-refractivity contribution < 1.29 is 19.1 Å². The van der Waals surface area contributed by atoms with Crippen LogP contribution in [0.1, 0.15) is 20.8 Å². The molecule has 1 fully saturated rings. The van der Waals surface area contributed by atoms with Crippen molar-refractivity contribution in [1.82, 2.24) is 9.47 Å². The highest BCUT2D eigenvalue weighted by molar-refractivity contribution is 5.81. The molecule has 0 radical (unpaired) electrons. The Hall–Kier alpha value is -2.83. The van der Waals surface area contributed by atoms with Crippen LogP contribution in [-0.4, -0.2) is 46.6 Å². The molecule has 2 heterocycles. The van der Waals surface area contributed by atoms with Crippen molar-refractivity contribution in [3.8, 4) is 5.75 Å². The minimum Gasteiger partial charge on any atom is -0.487 e.